The van der Waals surface area contributed by atoms with E-state index >= 15 is 0 Å². The van der Waals surface area contributed by atoms with Crippen LogP contribution in [0.3, 0.4) is 0 Å². The van der Waals surface area contributed by atoms with Crippen molar-refractivity contribution in [3.05, 3.63) is 55.4 Å². The second kappa shape index (κ2) is 5.16. The highest BCUT2D eigenvalue weighted by molar-refractivity contribution is 9.13. The SMILES string of the molecule is Fc1c(-c2ccccc2Br)cc(Br)c(Br)c1F. The van der Waals surface area contributed by atoms with Crippen LogP contribution < -0.4 is 0 Å². The van der Waals surface area contributed by atoms with E-state index in [9.17, 15) is 8.78 Å². The number of hydrogen-bond donors (Lipinski definition) is 0. The van der Waals surface area contributed by atoms with Gasteiger partial charge in [0.15, 0.2) is 11.6 Å². The molecule has 0 atom stereocenters. The van der Waals surface area contributed by atoms with E-state index in [1.807, 2.05) is 6.07 Å². The summed E-state index contributed by atoms with van der Waals surface area (Å²) in [6.45, 7) is 0. The minimum absolute atomic E-state index is 0.0887. The maximum absolute atomic E-state index is 13.9. The summed E-state index contributed by atoms with van der Waals surface area (Å²) in [4.78, 5) is 0. The third-order valence-electron chi connectivity index (χ3n) is 2.27. The standard InChI is InChI=1S/C12H5Br3F2/c13-8-4-2-1-3-6(8)7-5-9(14)10(15)12(17)11(7)16/h1-5H. The highest BCUT2D eigenvalue weighted by atomic mass is 79.9. The van der Waals surface area contributed by atoms with Crippen molar-refractivity contribution >= 4 is 47.8 Å². The summed E-state index contributed by atoms with van der Waals surface area (Å²) in [6.07, 6.45) is 0. The molecule has 17 heavy (non-hydrogen) atoms. The first-order chi connectivity index (χ1) is 8.02. The lowest BCUT2D eigenvalue weighted by Crippen LogP contribution is -1.93. The molecule has 0 aliphatic heterocycles. The van der Waals surface area contributed by atoms with E-state index in [1.54, 1.807) is 24.3 Å². The van der Waals surface area contributed by atoms with Crippen LogP contribution in [0.15, 0.2) is 43.7 Å². The molecular weight excluding hydrogens is 422 g/mol. The number of benzene rings is 2. The monoisotopic (exact) mass is 424 g/mol. The summed E-state index contributed by atoms with van der Waals surface area (Å²) in [5.41, 5.74) is 0.821. The van der Waals surface area contributed by atoms with Crippen molar-refractivity contribution in [1.82, 2.24) is 0 Å². The molecule has 0 aromatic heterocycles. The molecule has 0 radical (unpaired) electrons. The molecule has 0 saturated heterocycles. The predicted octanol–water partition coefficient (Wildman–Crippen LogP) is 5.92. The molecule has 0 amide bonds. The molecule has 5 heteroatoms. The van der Waals surface area contributed by atoms with Crippen LogP contribution in [0, 0.1) is 11.6 Å². The van der Waals surface area contributed by atoms with Crippen LogP contribution >= 0.6 is 47.8 Å². The average molecular weight is 427 g/mol. The van der Waals surface area contributed by atoms with E-state index in [0.29, 0.717) is 14.5 Å². The van der Waals surface area contributed by atoms with Gasteiger partial charge in [-0.05, 0) is 49.6 Å². The molecule has 0 unspecified atom stereocenters. The van der Waals surface area contributed by atoms with Gasteiger partial charge in [0.05, 0.1) is 4.47 Å². The van der Waals surface area contributed by atoms with E-state index in [1.165, 1.54) is 0 Å². The van der Waals surface area contributed by atoms with E-state index in [-0.39, 0.29) is 10.0 Å². The van der Waals surface area contributed by atoms with Crippen LogP contribution in [0.1, 0.15) is 0 Å². The number of rotatable bonds is 1. The molecule has 0 nitrogen and oxygen atoms in total. The summed E-state index contributed by atoms with van der Waals surface area (Å²) in [5, 5.41) is 0. The Hall–Kier alpha value is -0.260. The van der Waals surface area contributed by atoms with Gasteiger partial charge >= 0.3 is 0 Å². The molecule has 88 valence electrons. The Kier molecular flexibility index (Phi) is 4.00. The Bertz CT molecular complexity index is 582. The largest absolute Gasteiger partial charge is 0.203 e. The van der Waals surface area contributed by atoms with Gasteiger partial charge < -0.3 is 0 Å². The minimum atomic E-state index is -0.898. The molecule has 0 aliphatic carbocycles. The molecule has 0 aliphatic rings. The molecule has 0 heterocycles. The molecule has 2 aromatic rings. The van der Waals surface area contributed by atoms with Crippen molar-refractivity contribution in [3.63, 3.8) is 0 Å². The van der Waals surface area contributed by atoms with E-state index in [2.05, 4.69) is 47.8 Å². The third-order valence-corrected chi connectivity index (χ3v) is 4.89. The lowest BCUT2D eigenvalue weighted by Gasteiger charge is -2.09. The second-order valence-electron chi connectivity index (χ2n) is 3.33. The van der Waals surface area contributed by atoms with Crippen molar-refractivity contribution in [2.45, 2.75) is 0 Å². The second-order valence-corrected chi connectivity index (χ2v) is 5.83. The molecule has 2 aromatic carbocycles. The van der Waals surface area contributed by atoms with E-state index < -0.39 is 11.6 Å². The van der Waals surface area contributed by atoms with Gasteiger partial charge in [0.1, 0.15) is 0 Å². The first kappa shape index (κ1) is 13.2. The van der Waals surface area contributed by atoms with Crippen LogP contribution in [-0.4, -0.2) is 0 Å². The lowest BCUT2D eigenvalue weighted by molar-refractivity contribution is 0.506. The summed E-state index contributed by atoms with van der Waals surface area (Å²) >= 11 is 9.48. The fourth-order valence-corrected chi connectivity index (χ4v) is 2.64. The van der Waals surface area contributed by atoms with Crippen LogP contribution in [-0.2, 0) is 0 Å². The van der Waals surface area contributed by atoms with Gasteiger partial charge in [-0.2, -0.15) is 0 Å². The maximum Gasteiger partial charge on any atom is 0.174 e. The van der Waals surface area contributed by atoms with Crippen molar-refractivity contribution in [2.75, 3.05) is 0 Å². The van der Waals surface area contributed by atoms with Crippen LogP contribution in [0.2, 0.25) is 0 Å². The number of hydrogen-bond acceptors (Lipinski definition) is 0. The number of halogens is 5. The van der Waals surface area contributed by atoms with Crippen molar-refractivity contribution in [1.29, 1.82) is 0 Å². The Morgan fingerprint density at radius 2 is 1.41 bits per heavy atom. The fourth-order valence-electron chi connectivity index (χ4n) is 1.45. The molecule has 0 N–H and O–H groups in total. The zero-order valence-corrected chi connectivity index (χ0v) is 13.0. The van der Waals surface area contributed by atoms with Crippen LogP contribution in [0.25, 0.3) is 11.1 Å². The lowest BCUT2D eigenvalue weighted by atomic mass is 10.1. The van der Waals surface area contributed by atoms with Gasteiger partial charge in [0.25, 0.3) is 0 Å². The molecule has 0 saturated carbocycles. The van der Waals surface area contributed by atoms with E-state index in [4.69, 9.17) is 0 Å². The molecule has 0 spiro atoms. The van der Waals surface area contributed by atoms with Gasteiger partial charge in [-0.1, -0.05) is 34.1 Å². The van der Waals surface area contributed by atoms with Gasteiger partial charge in [0, 0.05) is 14.5 Å². The van der Waals surface area contributed by atoms with E-state index in [0.717, 1.165) is 0 Å². The molecular formula is C12H5Br3F2. The van der Waals surface area contributed by atoms with Crippen LogP contribution in [0.4, 0.5) is 8.78 Å². The van der Waals surface area contributed by atoms with Gasteiger partial charge in [0.2, 0.25) is 0 Å². The molecule has 0 bridgehead atoms. The molecule has 0 fully saturated rings. The molecule has 2 rings (SSSR count). The Balaban J connectivity index is 2.73. The zero-order chi connectivity index (χ0) is 12.6. The smallest absolute Gasteiger partial charge is 0.174 e. The summed E-state index contributed by atoms with van der Waals surface area (Å²) < 4.78 is 28.7. The van der Waals surface area contributed by atoms with Crippen molar-refractivity contribution in [3.8, 4) is 11.1 Å². The summed E-state index contributed by atoms with van der Waals surface area (Å²) in [6, 6.07) is 8.64. The average Bonchev–Trinajstić information content (AvgIpc) is 2.32. The Morgan fingerprint density at radius 3 is 2.06 bits per heavy atom. The maximum atomic E-state index is 13.9. The Morgan fingerprint density at radius 1 is 0.765 bits per heavy atom. The van der Waals surface area contributed by atoms with Gasteiger partial charge in [-0.25, -0.2) is 8.78 Å². The zero-order valence-electron chi connectivity index (χ0n) is 8.28. The Labute approximate surface area is 122 Å². The fraction of sp³-hybridized carbons (Fsp3) is 0. The normalized spacial score (nSPS) is 10.6. The quantitative estimate of drug-likeness (QED) is 0.392. The third kappa shape index (κ3) is 2.46. The first-order valence-electron chi connectivity index (χ1n) is 4.60. The highest BCUT2D eigenvalue weighted by Crippen LogP contribution is 2.37. The summed E-state index contributed by atoms with van der Waals surface area (Å²) in [7, 11) is 0. The topological polar surface area (TPSA) is 0 Å². The van der Waals surface area contributed by atoms with Crippen molar-refractivity contribution in [2.24, 2.45) is 0 Å². The minimum Gasteiger partial charge on any atom is -0.203 e. The highest BCUT2D eigenvalue weighted by Gasteiger charge is 2.17. The summed E-state index contributed by atoms with van der Waals surface area (Å²) in [5.74, 6) is -1.77. The van der Waals surface area contributed by atoms with Gasteiger partial charge in [-0.15, -0.1) is 0 Å². The van der Waals surface area contributed by atoms with Crippen LogP contribution in [0.5, 0.6) is 0 Å². The van der Waals surface area contributed by atoms with Crippen molar-refractivity contribution < 1.29 is 8.78 Å². The predicted molar refractivity (Wildman–Crippen MR) is 74.9 cm³/mol. The first-order valence-corrected chi connectivity index (χ1v) is 6.98. The van der Waals surface area contributed by atoms with Gasteiger partial charge in [-0.3, -0.25) is 0 Å².